The maximum absolute atomic E-state index is 10.6. The van der Waals surface area contributed by atoms with E-state index in [1.165, 1.54) is 0 Å². The van der Waals surface area contributed by atoms with Crippen LogP contribution in [0.4, 0.5) is 0 Å². The molecule has 0 bridgehead atoms. The van der Waals surface area contributed by atoms with Crippen molar-refractivity contribution in [1.82, 2.24) is 9.78 Å². The third-order valence-electron chi connectivity index (χ3n) is 3.50. The average molecular weight is 273 g/mol. The number of hydrogen-bond acceptors (Lipinski definition) is 2. The Hall–Kier alpha value is -0.350. The molecule has 1 fully saturated rings. The number of aromatic nitrogens is 2. The molecule has 1 aliphatic carbocycles. The van der Waals surface area contributed by atoms with E-state index in [4.69, 9.17) is 0 Å². The molecule has 0 aromatic carbocycles. The molecule has 1 saturated carbocycles. The zero-order valence-electron chi connectivity index (χ0n) is 9.20. The first-order valence-electron chi connectivity index (χ1n) is 5.47. The van der Waals surface area contributed by atoms with Gasteiger partial charge in [0.1, 0.15) is 5.60 Å². The number of halogens is 1. The van der Waals surface area contributed by atoms with Gasteiger partial charge in [-0.05, 0) is 41.1 Å². The van der Waals surface area contributed by atoms with Crippen LogP contribution in [-0.4, -0.2) is 14.9 Å². The largest absolute Gasteiger partial charge is 0.384 e. The van der Waals surface area contributed by atoms with Crippen LogP contribution in [0.2, 0.25) is 0 Å². The average Bonchev–Trinajstić information content (AvgIpc) is 2.72. The number of aryl methyl sites for hydroxylation is 1. The van der Waals surface area contributed by atoms with Gasteiger partial charge in [0, 0.05) is 7.05 Å². The zero-order valence-corrected chi connectivity index (χ0v) is 10.8. The van der Waals surface area contributed by atoms with E-state index >= 15 is 0 Å². The first kappa shape index (κ1) is 11.1. The lowest BCUT2D eigenvalue weighted by Crippen LogP contribution is -2.25. The maximum Gasteiger partial charge on any atom is 0.108 e. The second kappa shape index (κ2) is 3.91. The standard InChI is InChI=1S/C11H17BrN2O/c1-3-8-4-5-11(15,6-8)10-9(12)7-13-14(10)2/h7-8,15H,3-6H2,1-2H3. The van der Waals surface area contributed by atoms with Crippen LogP contribution in [0.15, 0.2) is 10.7 Å². The van der Waals surface area contributed by atoms with Gasteiger partial charge in [0.25, 0.3) is 0 Å². The molecule has 1 aromatic rings. The van der Waals surface area contributed by atoms with Crippen LogP contribution in [0.3, 0.4) is 0 Å². The van der Waals surface area contributed by atoms with Crippen molar-refractivity contribution < 1.29 is 5.11 Å². The third-order valence-corrected chi connectivity index (χ3v) is 4.09. The Balaban J connectivity index is 2.31. The van der Waals surface area contributed by atoms with Crippen LogP contribution in [-0.2, 0) is 12.6 Å². The summed E-state index contributed by atoms with van der Waals surface area (Å²) in [7, 11) is 1.89. The summed E-state index contributed by atoms with van der Waals surface area (Å²) < 4.78 is 2.70. The van der Waals surface area contributed by atoms with Gasteiger partial charge in [0.05, 0.1) is 16.4 Å². The van der Waals surface area contributed by atoms with E-state index in [0.717, 1.165) is 35.8 Å². The summed E-state index contributed by atoms with van der Waals surface area (Å²) >= 11 is 3.46. The summed E-state index contributed by atoms with van der Waals surface area (Å²) in [5.74, 6) is 0.650. The molecular formula is C11H17BrN2O. The van der Waals surface area contributed by atoms with Crippen molar-refractivity contribution in [3.8, 4) is 0 Å². The van der Waals surface area contributed by atoms with Gasteiger partial charge in [0.15, 0.2) is 0 Å². The smallest absolute Gasteiger partial charge is 0.108 e. The SMILES string of the molecule is CCC1CCC(O)(c2c(Br)cnn2C)C1. The van der Waals surface area contributed by atoms with Gasteiger partial charge in [0.2, 0.25) is 0 Å². The molecule has 4 heteroatoms. The van der Waals surface area contributed by atoms with Crippen molar-refractivity contribution in [2.45, 2.75) is 38.2 Å². The summed E-state index contributed by atoms with van der Waals surface area (Å²) in [6, 6.07) is 0. The lowest BCUT2D eigenvalue weighted by molar-refractivity contribution is 0.0308. The van der Waals surface area contributed by atoms with Crippen molar-refractivity contribution in [2.75, 3.05) is 0 Å². The van der Waals surface area contributed by atoms with E-state index in [1.54, 1.807) is 10.9 Å². The van der Waals surface area contributed by atoms with E-state index in [1.807, 2.05) is 7.05 Å². The molecule has 2 atom stereocenters. The molecule has 15 heavy (non-hydrogen) atoms. The molecule has 1 aromatic heterocycles. The molecular weight excluding hydrogens is 256 g/mol. The van der Waals surface area contributed by atoms with E-state index < -0.39 is 5.60 Å². The van der Waals surface area contributed by atoms with Crippen molar-refractivity contribution in [1.29, 1.82) is 0 Å². The first-order chi connectivity index (χ1) is 7.07. The summed E-state index contributed by atoms with van der Waals surface area (Å²) in [5, 5.41) is 14.8. The van der Waals surface area contributed by atoms with Crippen molar-refractivity contribution in [3.63, 3.8) is 0 Å². The second-order valence-electron chi connectivity index (χ2n) is 4.51. The number of hydrogen-bond donors (Lipinski definition) is 1. The normalized spacial score (nSPS) is 31.1. The maximum atomic E-state index is 10.6. The molecule has 1 heterocycles. The number of nitrogens with zero attached hydrogens (tertiary/aromatic N) is 2. The van der Waals surface area contributed by atoms with Gasteiger partial charge in [-0.2, -0.15) is 5.10 Å². The molecule has 1 N–H and O–H groups in total. The molecule has 0 aliphatic heterocycles. The van der Waals surface area contributed by atoms with Gasteiger partial charge < -0.3 is 5.11 Å². The first-order valence-corrected chi connectivity index (χ1v) is 6.26. The Labute approximate surface area is 98.6 Å². The molecule has 1 aliphatic rings. The Morgan fingerprint density at radius 3 is 2.93 bits per heavy atom. The summed E-state index contributed by atoms with van der Waals surface area (Å²) in [6.45, 7) is 2.19. The van der Waals surface area contributed by atoms with Crippen LogP contribution < -0.4 is 0 Å². The minimum Gasteiger partial charge on any atom is -0.384 e. The van der Waals surface area contributed by atoms with Crippen molar-refractivity contribution >= 4 is 15.9 Å². The van der Waals surface area contributed by atoms with E-state index in [0.29, 0.717) is 5.92 Å². The van der Waals surface area contributed by atoms with Crippen LogP contribution in [0.1, 0.15) is 38.3 Å². The topological polar surface area (TPSA) is 38.1 Å². The molecule has 2 unspecified atom stereocenters. The van der Waals surface area contributed by atoms with Crippen LogP contribution in [0.25, 0.3) is 0 Å². The van der Waals surface area contributed by atoms with Gasteiger partial charge in [-0.3, -0.25) is 4.68 Å². The highest BCUT2D eigenvalue weighted by atomic mass is 79.9. The molecule has 84 valence electrons. The fourth-order valence-corrected chi connectivity index (χ4v) is 3.34. The van der Waals surface area contributed by atoms with Crippen LogP contribution in [0, 0.1) is 5.92 Å². The lowest BCUT2D eigenvalue weighted by Gasteiger charge is -2.23. The van der Waals surface area contributed by atoms with Crippen LogP contribution in [0.5, 0.6) is 0 Å². The minimum atomic E-state index is -0.676. The fourth-order valence-electron chi connectivity index (χ4n) is 2.62. The Bertz CT molecular complexity index is 344. The Morgan fingerprint density at radius 1 is 1.73 bits per heavy atom. The number of rotatable bonds is 2. The molecule has 0 spiro atoms. The molecule has 0 amide bonds. The molecule has 3 nitrogen and oxygen atoms in total. The number of aliphatic hydroxyl groups is 1. The molecule has 2 rings (SSSR count). The predicted molar refractivity (Wildman–Crippen MR) is 62.4 cm³/mol. The second-order valence-corrected chi connectivity index (χ2v) is 5.37. The van der Waals surface area contributed by atoms with E-state index in [-0.39, 0.29) is 0 Å². The van der Waals surface area contributed by atoms with E-state index in [9.17, 15) is 5.11 Å². The Kier molecular flexibility index (Phi) is 2.90. The van der Waals surface area contributed by atoms with Gasteiger partial charge in [-0.25, -0.2) is 0 Å². The highest BCUT2D eigenvalue weighted by molar-refractivity contribution is 9.10. The minimum absolute atomic E-state index is 0.650. The summed E-state index contributed by atoms with van der Waals surface area (Å²) in [4.78, 5) is 0. The fraction of sp³-hybridized carbons (Fsp3) is 0.727. The highest BCUT2D eigenvalue weighted by Gasteiger charge is 2.41. The van der Waals surface area contributed by atoms with Crippen molar-refractivity contribution in [3.05, 3.63) is 16.4 Å². The van der Waals surface area contributed by atoms with Gasteiger partial charge in [-0.1, -0.05) is 13.3 Å². The van der Waals surface area contributed by atoms with Crippen LogP contribution >= 0.6 is 15.9 Å². The van der Waals surface area contributed by atoms with Gasteiger partial charge >= 0.3 is 0 Å². The third kappa shape index (κ3) is 1.85. The molecule has 0 radical (unpaired) electrons. The predicted octanol–water partition coefficient (Wildman–Crippen LogP) is 2.58. The highest BCUT2D eigenvalue weighted by Crippen LogP contribution is 2.45. The monoisotopic (exact) mass is 272 g/mol. The van der Waals surface area contributed by atoms with E-state index in [2.05, 4.69) is 28.0 Å². The molecule has 0 saturated heterocycles. The summed E-state index contributed by atoms with van der Waals surface area (Å²) in [6.07, 6.45) is 5.74. The van der Waals surface area contributed by atoms with Crippen molar-refractivity contribution in [2.24, 2.45) is 13.0 Å². The Morgan fingerprint density at radius 2 is 2.47 bits per heavy atom. The van der Waals surface area contributed by atoms with Gasteiger partial charge in [-0.15, -0.1) is 0 Å². The zero-order chi connectivity index (χ0) is 11.1. The lowest BCUT2D eigenvalue weighted by atomic mass is 9.95. The quantitative estimate of drug-likeness (QED) is 0.899. The summed E-state index contributed by atoms with van der Waals surface area (Å²) in [5.41, 5.74) is 0.253.